The van der Waals surface area contributed by atoms with E-state index in [0.29, 0.717) is 6.45 Å². The molecular formula is C2H8INO2P-. The minimum atomic E-state index is -0.153. The zero-order chi connectivity index (χ0) is 5.70. The molecule has 0 saturated heterocycles. The molecule has 0 aliphatic heterocycles. The van der Waals surface area contributed by atoms with Crippen molar-refractivity contribution in [3.05, 3.63) is 5.21 Å². The monoisotopic (exact) mass is 236 g/mol. The summed E-state index contributed by atoms with van der Waals surface area (Å²) in [5, 5.41) is 9.85. The fraction of sp³-hybridized carbons (Fsp3) is 1.00. The van der Waals surface area contributed by atoms with Crippen molar-refractivity contribution in [2.75, 3.05) is 12.0 Å². The van der Waals surface area contributed by atoms with Crippen molar-refractivity contribution in [2.45, 2.75) is 0 Å². The first-order valence-electron chi connectivity index (χ1n) is 1.68. The molecule has 1 N–H and O–H groups in total. The fourth-order valence-corrected chi connectivity index (χ4v) is 1.87. The van der Waals surface area contributed by atoms with Crippen LogP contribution in [0.5, 0.6) is 0 Å². The van der Waals surface area contributed by atoms with Crippen molar-refractivity contribution in [1.29, 1.82) is 0 Å². The molecule has 0 aromatic heterocycles. The van der Waals surface area contributed by atoms with Crippen LogP contribution in [0.2, 0.25) is 0 Å². The molecule has 0 amide bonds. The van der Waals surface area contributed by atoms with Gasteiger partial charge in [-0.05, 0) is 0 Å². The van der Waals surface area contributed by atoms with E-state index in [9.17, 15) is 5.21 Å². The van der Waals surface area contributed by atoms with Crippen LogP contribution in [0.1, 0.15) is 0 Å². The predicted octanol–water partition coefficient (Wildman–Crippen LogP) is -3.84. The average Bonchev–Trinajstić information content (AvgIpc) is 1.61. The average molecular weight is 236 g/mol. The van der Waals surface area contributed by atoms with Crippen molar-refractivity contribution in [2.24, 2.45) is 0 Å². The van der Waals surface area contributed by atoms with Gasteiger partial charge in [0.05, 0.1) is 0 Å². The van der Waals surface area contributed by atoms with Gasteiger partial charge in [0.2, 0.25) is 0 Å². The van der Waals surface area contributed by atoms with E-state index < -0.39 is 0 Å². The number of hydrogen-bond donors (Lipinski definition) is 1. The summed E-state index contributed by atoms with van der Waals surface area (Å²) in [6, 6.07) is 0. The van der Waals surface area contributed by atoms with E-state index in [4.69, 9.17) is 0 Å². The maximum absolute atomic E-state index is 10.0. The van der Waals surface area contributed by atoms with Crippen LogP contribution in [-0.2, 0) is 4.62 Å². The molecule has 0 fully saturated rings. The molecule has 2 unspecified atom stereocenters. The molecule has 0 rings (SSSR count). The van der Waals surface area contributed by atoms with E-state index >= 15 is 0 Å². The molecule has 46 valence electrons. The molecule has 3 nitrogen and oxygen atoms in total. The first-order valence-corrected chi connectivity index (χ1v) is 7.86. The van der Waals surface area contributed by atoms with Gasteiger partial charge in [0.25, 0.3) is 0 Å². The summed E-state index contributed by atoms with van der Waals surface area (Å²) in [6.45, 7) is 0.456. The van der Waals surface area contributed by atoms with Crippen LogP contribution in [0, 0.1) is 5.21 Å². The Morgan fingerprint density at radius 3 is 2.57 bits per heavy atom. The molecule has 7 heavy (non-hydrogen) atoms. The molecular weight excluding hydrogens is 228 g/mol. The van der Waals surface area contributed by atoms with Gasteiger partial charge in [0.15, 0.2) is 0 Å². The SMILES string of the molecule is C[I-]PO[NH+](C)[O-]. The maximum atomic E-state index is 10.0. The quantitative estimate of drug-likeness (QED) is 0.236. The van der Waals surface area contributed by atoms with Crippen molar-refractivity contribution >= 4 is 6.45 Å². The van der Waals surface area contributed by atoms with Crippen molar-refractivity contribution in [1.82, 2.24) is 0 Å². The van der Waals surface area contributed by atoms with E-state index in [-0.39, 0.29) is 25.9 Å². The van der Waals surface area contributed by atoms with Crippen LogP contribution in [0.4, 0.5) is 0 Å². The zero-order valence-corrected chi connectivity index (χ0v) is 7.35. The Kier molecular flexibility index (Phi) is 5.95. The van der Waals surface area contributed by atoms with Gasteiger partial charge >= 0.3 is 54.1 Å². The Labute approximate surface area is 54.4 Å². The normalized spacial score (nSPS) is 16.4. The van der Waals surface area contributed by atoms with E-state index in [2.05, 4.69) is 9.55 Å². The predicted molar refractivity (Wildman–Crippen MR) is 25.6 cm³/mol. The molecule has 0 radical (unpaired) electrons. The number of nitrogens with one attached hydrogen (secondary N) is 1. The van der Waals surface area contributed by atoms with Crippen molar-refractivity contribution in [3.8, 4) is 0 Å². The van der Waals surface area contributed by atoms with E-state index in [1.807, 2.05) is 0 Å². The summed E-state index contributed by atoms with van der Waals surface area (Å²) < 4.78 is 4.63. The van der Waals surface area contributed by atoms with E-state index in [0.717, 1.165) is 0 Å². The van der Waals surface area contributed by atoms with Crippen LogP contribution in [0.15, 0.2) is 0 Å². The van der Waals surface area contributed by atoms with Crippen LogP contribution >= 0.6 is 6.45 Å². The Balaban J connectivity index is 2.68. The zero-order valence-electron chi connectivity index (χ0n) is 4.19. The third kappa shape index (κ3) is 7.04. The molecule has 0 saturated carbocycles. The molecule has 5 heteroatoms. The Bertz CT molecular complexity index is 44.7. The molecule has 0 aliphatic rings. The molecule has 2 atom stereocenters. The summed E-state index contributed by atoms with van der Waals surface area (Å²) in [7, 11) is 1.44. The standard InChI is InChI=1S/C2H8INO2P/c1-3-7-6-4(2)5/h4,7H,1-2H3/q-1. The van der Waals surface area contributed by atoms with Crippen molar-refractivity contribution in [3.63, 3.8) is 0 Å². The van der Waals surface area contributed by atoms with Crippen LogP contribution in [0.3, 0.4) is 0 Å². The summed E-state index contributed by atoms with van der Waals surface area (Å²) in [5.74, 6) is 0. The second-order valence-electron chi connectivity index (χ2n) is 0.860. The van der Waals surface area contributed by atoms with Crippen LogP contribution in [0.25, 0.3) is 0 Å². The number of hydrogen-bond acceptors (Lipinski definition) is 2. The molecule has 0 aromatic carbocycles. The Morgan fingerprint density at radius 1 is 1.86 bits per heavy atom. The van der Waals surface area contributed by atoms with Crippen LogP contribution in [-0.4, -0.2) is 12.0 Å². The third-order valence-corrected chi connectivity index (χ3v) is 2.76. The van der Waals surface area contributed by atoms with Gasteiger partial charge in [-0.2, -0.15) is 0 Å². The van der Waals surface area contributed by atoms with Gasteiger partial charge in [-0.1, -0.05) is 0 Å². The van der Waals surface area contributed by atoms with E-state index in [1.54, 1.807) is 0 Å². The number of hydroxylamine groups is 2. The Morgan fingerprint density at radius 2 is 2.43 bits per heavy atom. The summed E-state index contributed by atoms with van der Waals surface area (Å²) in [6.07, 6.45) is 0. The molecule has 0 spiro atoms. The van der Waals surface area contributed by atoms with Crippen LogP contribution < -0.4 is 25.9 Å². The van der Waals surface area contributed by atoms with Gasteiger partial charge in [-0.15, -0.1) is 0 Å². The third-order valence-electron chi connectivity index (χ3n) is 0.259. The summed E-state index contributed by atoms with van der Waals surface area (Å²) in [5.41, 5.74) is 0. The fourth-order valence-electron chi connectivity index (χ4n) is 0.0929. The van der Waals surface area contributed by atoms with Gasteiger partial charge in [-0.25, -0.2) is 0 Å². The topological polar surface area (TPSA) is 36.7 Å². The van der Waals surface area contributed by atoms with Gasteiger partial charge in [-0.3, -0.25) is 0 Å². The van der Waals surface area contributed by atoms with E-state index in [1.165, 1.54) is 7.05 Å². The second kappa shape index (κ2) is 5.18. The molecule has 0 bridgehead atoms. The Hall–Kier alpha value is 1.04. The molecule has 0 aromatic rings. The number of quaternary nitrogens is 1. The first-order chi connectivity index (χ1) is 3.27. The van der Waals surface area contributed by atoms with Crippen molar-refractivity contribution < 1.29 is 30.5 Å². The first kappa shape index (κ1) is 8.04. The summed E-state index contributed by atoms with van der Waals surface area (Å²) in [4.78, 5) is 2.08. The van der Waals surface area contributed by atoms with Gasteiger partial charge < -0.3 is 0 Å². The molecule has 0 heterocycles. The molecule has 0 aliphatic carbocycles. The van der Waals surface area contributed by atoms with Gasteiger partial charge in [0, 0.05) is 0 Å². The van der Waals surface area contributed by atoms with Gasteiger partial charge in [0.1, 0.15) is 0 Å². The number of rotatable bonds is 3. The number of halogens is 1. The second-order valence-corrected chi connectivity index (χ2v) is 6.15. The minimum absolute atomic E-state index is 0.153. The summed E-state index contributed by atoms with van der Waals surface area (Å²) >= 11 is 0.159. The number of alkyl halides is 1.